The lowest BCUT2D eigenvalue weighted by Crippen LogP contribution is -2.47. The summed E-state index contributed by atoms with van der Waals surface area (Å²) in [6.07, 6.45) is 1.19. The van der Waals surface area contributed by atoms with E-state index in [4.69, 9.17) is 9.47 Å². The van der Waals surface area contributed by atoms with E-state index < -0.39 is 0 Å². The number of piperidine rings is 1. The number of carbonyl (C=O) groups excluding carboxylic acids is 2. The zero-order chi connectivity index (χ0) is 19.1. The fourth-order valence-electron chi connectivity index (χ4n) is 2.83. The van der Waals surface area contributed by atoms with Gasteiger partial charge in [-0.1, -0.05) is 26.0 Å². The fraction of sp³-hybridized carbons (Fsp3) is 0.600. The molecule has 0 aliphatic carbocycles. The minimum atomic E-state index is -0.262. The average Bonchev–Trinajstić information content (AvgIpc) is 2.61. The Labute approximate surface area is 155 Å². The number of ether oxygens (including phenoxy) is 2. The van der Waals surface area contributed by atoms with Crippen molar-refractivity contribution in [2.24, 2.45) is 5.92 Å². The molecule has 2 amide bonds. The third kappa shape index (κ3) is 5.93. The summed E-state index contributed by atoms with van der Waals surface area (Å²) in [7, 11) is 0. The molecule has 1 aliphatic rings. The van der Waals surface area contributed by atoms with Crippen LogP contribution in [-0.4, -0.2) is 49.2 Å². The number of likely N-dealkylation sites (tertiary alicyclic amines) is 1. The van der Waals surface area contributed by atoms with Crippen LogP contribution in [0, 0.1) is 19.8 Å². The van der Waals surface area contributed by atoms with Gasteiger partial charge in [-0.25, -0.2) is 4.79 Å². The molecule has 144 valence electrons. The molecule has 2 rings (SSSR count). The average molecular weight is 362 g/mol. The summed E-state index contributed by atoms with van der Waals surface area (Å²) in [5.74, 6) is 0.933. The van der Waals surface area contributed by atoms with E-state index in [9.17, 15) is 9.59 Å². The second-order valence-corrected chi connectivity index (χ2v) is 7.29. The second kappa shape index (κ2) is 9.46. The highest BCUT2D eigenvalue weighted by molar-refractivity contribution is 5.78. The van der Waals surface area contributed by atoms with Crippen LogP contribution in [0.2, 0.25) is 0 Å². The van der Waals surface area contributed by atoms with Crippen molar-refractivity contribution in [1.29, 1.82) is 0 Å². The summed E-state index contributed by atoms with van der Waals surface area (Å²) in [6.45, 7) is 9.65. The molecule has 26 heavy (non-hydrogen) atoms. The molecule has 0 atom stereocenters. The number of hydrogen-bond acceptors (Lipinski definition) is 4. The van der Waals surface area contributed by atoms with Gasteiger partial charge in [-0.15, -0.1) is 0 Å². The van der Waals surface area contributed by atoms with Crippen LogP contribution in [0.15, 0.2) is 18.2 Å². The van der Waals surface area contributed by atoms with Gasteiger partial charge in [0.05, 0.1) is 6.61 Å². The Morgan fingerprint density at radius 2 is 1.92 bits per heavy atom. The summed E-state index contributed by atoms with van der Waals surface area (Å²) in [5, 5.41) is 2.99. The van der Waals surface area contributed by atoms with Crippen LogP contribution in [0.4, 0.5) is 4.79 Å². The van der Waals surface area contributed by atoms with Crippen molar-refractivity contribution in [2.75, 3.05) is 26.3 Å². The normalized spacial score (nSPS) is 15.0. The lowest BCUT2D eigenvalue weighted by atomic mass is 10.1. The van der Waals surface area contributed by atoms with E-state index in [1.165, 1.54) is 0 Å². The first kappa shape index (κ1) is 20.1. The molecule has 0 spiro atoms. The maximum Gasteiger partial charge on any atom is 0.409 e. The third-order valence-corrected chi connectivity index (χ3v) is 4.57. The fourth-order valence-corrected chi connectivity index (χ4v) is 2.83. The first-order valence-corrected chi connectivity index (χ1v) is 9.27. The van der Waals surface area contributed by atoms with Gasteiger partial charge in [-0.05, 0) is 49.8 Å². The molecule has 0 unspecified atom stereocenters. The zero-order valence-corrected chi connectivity index (χ0v) is 16.2. The second-order valence-electron chi connectivity index (χ2n) is 7.29. The first-order valence-electron chi connectivity index (χ1n) is 9.27. The van der Waals surface area contributed by atoms with Crippen molar-refractivity contribution in [1.82, 2.24) is 10.2 Å². The summed E-state index contributed by atoms with van der Waals surface area (Å²) >= 11 is 0. The van der Waals surface area contributed by atoms with Gasteiger partial charge in [-0.3, -0.25) is 4.79 Å². The molecule has 0 aromatic heterocycles. The lowest BCUT2D eigenvalue weighted by Gasteiger charge is -2.31. The third-order valence-electron chi connectivity index (χ3n) is 4.57. The minimum absolute atomic E-state index is 0.000930. The monoisotopic (exact) mass is 362 g/mol. The van der Waals surface area contributed by atoms with Crippen molar-refractivity contribution >= 4 is 12.0 Å². The molecule has 1 aromatic rings. The summed E-state index contributed by atoms with van der Waals surface area (Å²) in [6, 6.07) is 5.88. The Morgan fingerprint density at radius 3 is 2.58 bits per heavy atom. The Morgan fingerprint density at radius 1 is 1.23 bits per heavy atom. The molecular weight excluding hydrogens is 332 g/mol. The van der Waals surface area contributed by atoms with Gasteiger partial charge < -0.3 is 19.7 Å². The van der Waals surface area contributed by atoms with Crippen LogP contribution in [-0.2, 0) is 9.53 Å². The minimum Gasteiger partial charge on any atom is -0.483 e. The van der Waals surface area contributed by atoms with Gasteiger partial charge in [0, 0.05) is 19.1 Å². The SMILES string of the molecule is Cc1cccc(OCC(=O)NC2CCN(C(=O)OCC(C)C)CC2)c1C. The van der Waals surface area contributed by atoms with Crippen LogP contribution in [0.25, 0.3) is 0 Å². The predicted molar refractivity (Wildman–Crippen MR) is 100 cm³/mol. The maximum atomic E-state index is 12.1. The number of aryl methyl sites for hydroxylation is 1. The molecular formula is C20H30N2O4. The first-order chi connectivity index (χ1) is 12.4. The highest BCUT2D eigenvalue weighted by Gasteiger charge is 2.25. The highest BCUT2D eigenvalue weighted by Crippen LogP contribution is 2.20. The topological polar surface area (TPSA) is 67.9 Å². The van der Waals surface area contributed by atoms with Crippen molar-refractivity contribution in [2.45, 2.75) is 46.6 Å². The van der Waals surface area contributed by atoms with E-state index in [0.717, 1.165) is 29.7 Å². The van der Waals surface area contributed by atoms with Gasteiger partial charge in [0.15, 0.2) is 6.61 Å². The van der Waals surface area contributed by atoms with Crippen molar-refractivity contribution in [3.05, 3.63) is 29.3 Å². The maximum absolute atomic E-state index is 12.1. The lowest BCUT2D eigenvalue weighted by molar-refractivity contribution is -0.124. The molecule has 0 saturated carbocycles. The number of carbonyl (C=O) groups is 2. The summed E-state index contributed by atoms with van der Waals surface area (Å²) < 4.78 is 10.9. The smallest absolute Gasteiger partial charge is 0.409 e. The van der Waals surface area contributed by atoms with Crippen LogP contribution in [0.3, 0.4) is 0 Å². The molecule has 6 nitrogen and oxygen atoms in total. The summed E-state index contributed by atoms with van der Waals surface area (Å²) in [4.78, 5) is 25.8. The molecule has 1 N–H and O–H groups in total. The Balaban J connectivity index is 1.71. The number of hydrogen-bond donors (Lipinski definition) is 1. The van der Waals surface area contributed by atoms with E-state index >= 15 is 0 Å². The predicted octanol–water partition coefficient (Wildman–Crippen LogP) is 3.06. The summed E-state index contributed by atoms with van der Waals surface area (Å²) in [5.41, 5.74) is 2.19. The van der Waals surface area contributed by atoms with Gasteiger partial charge in [-0.2, -0.15) is 0 Å². The molecule has 1 heterocycles. The quantitative estimate of drug-likeness (QED) is 0.844. The van der Waals surface area contributed by atoms with E-state index in [1.807, 2.05) is 45.9 Å². The van der Waals surface area contributed by atoms with Crippen LogP contribution in [0.1, 0.15) is 37.8 Å². The largest absolute Gasteiger partial charge is 0.483 e. The van der Waals surface area contributed by atoms with Crippen LogP contribution in [0.5, 0.6) is 5.75 Å². The standard InChI is InChI=1S/C20H30N2O4/c1-14(2)12-26-20(24)22-10-8-17(9-11-22)21-19(23)13-25-18-7-5-6-15(3)16(18)4/h5-7,14,17H,8-13H2,1-4H3,(H,21,23). The van der Waals surface area contributed by atoms with E-state index in [0.29, 0.717) is 25.6 Å². The van der Waals surface area contributed by atoms with Crippen LogP contribution < -0.4 is 10.1 Å². The number of amides is 2. The Kier molecular flexibility index (Phi) is 7.30. The number of nitrogens with zero attached hydrogens (tertiary/aromatic N) is 1. The number of nitrogens with one attached hydrogen (secondary N) is 1. The van der Waals surface area contributed by atoms with Gasteiger partial charge >= 0.3 is 6.09 Å². The van der Waals surface area contributed by atoms with Gasteiger partial charge in [0.2, 0.25) is 0 Å². The zero-order valence-electron chi connectivity index (χ0n) is 16.2. The van der Waals surface area contributed by atoms with Crippen LogP contribution >= 0.6 is 0 Å². The molecule has 1 saturated heterocycles. The Bertz CT molecular complexity index is 622. The van der Waals surface area contributed by atoms with E-state index in [1.54, 1.807) is 4.90 Å². The van der Waals surface area contributed by atoms with Crippen molar-refractivity contribution in [3.63, 3.8) is 0 Å². The van der Waals surface area contributed by atoms with Gasteiger partial charge in [0.1, 0.15) is 5.75 Å². The molecule has 0 radical (unpaired) electrons. The Hall–Kier alpha value is -2.24. The molecule has 1 aliphatic heterocycles. The molecule has 1 fully saturated rings. The van der Waals surface area contributed by atoms with Crippen molar-refractivity contribution < 1.29 is 19.1 Å². The van der Waals surface area contributed by atoms with Gasteiger partial charge in [0.25, 0.3) is 5.91 Å². The number of rotatable bonds is 6. The molecule has 0 bridgehead atoms. The van der Waals surface area contributed by atoms with E-state index in [-0.39, 0.29) is 24.6 Å². The highest BCUT2D eigenvalue weighted by atomic mass is 16.6. The van der Waals surface area contributed by atoms with E-state index in [2.05, 4.69) is 5.32 Å². The van der Waals surface area contributed by atoms with Crippen molar-refractivity contribution in [3.8, 4) is 5.75 Å². The molecule has 1 aromatic carbocycles. The number of benzene rings is 1. The molecule has 6 heteroatoms.